The lowest BCUT2D eigenvalue weighted by atomic mass is 9.99. The van der Waals surface area contributed by atoms with Gasteiger partial charge in [0.25, 0.3) is 5.91 Å². The normalized spacial score (nSPS) is 17.7. The first kappa shape index (κ1) is 16.0. The second kappa shape index (κ2) is 7.62. The Morgan fingerprint density at radius 2 is 2.00 bits per heavy atom. The van der Waals surface area contributed by atoms with Gasteiger partial charge in [0.05, 0.1) is 10.6 Å². The third kappa shape index (κ3) is 4.12. The highest BCUT2D eigenvalue weighted by Crippen LogP contribution is 2.25. The van der Waals surface area contributed by atoms with Gasteiger partial charge in [-0.3, -0.25) is 4.79 Å². The van der Waals surface area contributed by atoms with Crippen LogP contribution in [0.1, 0.15) is 23.2 Å². The third-order valence-corrected chi connectivity index (χ3v) is 4.60. The molecule has 1 aliphatic rings. The summed E-state index contributed by atoms with van der Waals surface area (Å²) < 4.78 is 0. The van der Waals surface area contributed by atoms with Crippen molar-refractivity contribution in [2.45, 2.75) is 12.8 Å². The summed E-state index contributed by atoms with van der Waals surface area (Å²) in [6.07, 6.45) is 2.33. The maximum Gasteiger partial charge on any atom is 0.252 e. The fraction of sp³-hybridized carbons (Fsp3) is 0.316. The summed E-state index contributed by atoms with van der Waals surface area (Å²) in [6.45, 7) is 2.74. The van der Waals surface area contributed by atoms with Gasteiger partial charge in [-0.25, -0.2) is 0 Å². The van der Waals surface area contributed by atoms with Gasteiger partial charge in [-0.1, -0.05) is 48.0 Å². The van der Waals surface area contributed by atoms with E-state index in [1.165, 1.54) is 6.42 Å². The lowest BCUT2D eigenvalue weighted by molar-refractivity contribution is 0.0945. The summed E-state index contributed by atoms with van der Waals surface area (Å²) in [5.41, 5.74) is 2.62. The minimum absolute atomic E-state index is 0.0987. The van der Waals surface area contributed by atoms with Crippen LogP contribution in [-0.4, -0.2) is 25.5 Å². The van der Waals surface area contributed by atoms with Gasteiger partial charge in [0.15, 0.2) is 0 Å². The number of nitrogens with one attached hydrogen (secondary N) is 2. The van der Waals surface area contributed by atoms with E-state index in [0.717, 1.165) is 30.6 Å². The number of hydrogen-bond acceptors (Lipinski definition) is 2. The second-order valence-electron chi connectivity index (χ2n) is 5.98. The molecule has 120 valence electrons. The van der Waals surface area contributed by atoms with Crippen molar-refractivity contribution in [2.75, 3.05) is 19.6 Å². The Hall–Kier alpha value is -1.84. The molecule has 0 radical (unpaired) electrons. The Morgan fingerprint density at radius 3 is 2.74 bits per heavy atom. The molecular formula is C19H21ClN2O. The molecule has 0 aromatic heterocycles. The molecule has 1 aliphatic heterocycles. The topological polar surface area (TPSA) is 41.1 Å². The maximum absolute atomic E-state index is 12.5. The number of halogens is 1. The Balaban J connectivity index is 1.72. The molecule has 4 heteroatoms. The summed E-state index contributed by atoms with van der Waals surface area (Å²) >= 11 is 6.23. The van der Waals surface area contributed by atoms with Crippen molar-refractivity contribution in [3.05, 3.63) is 59.1 Å². The number of benzene rings is 2. The molecule has 1 heterocycles. The molecule has 3 nitrogen and oxygen atoms in total. The van der Waals surface area contributed by atoms with Gasteiger partial charge in [-0.05, 0) is 55.1 Å². The number of carbonyl (C=O) groups is 1. The Bertz CT molecular complexity index is 666. The van der Waals surface area contributed by atoms with Gasteiger partial charge in [0.1, 0.15) is 0 Å². The van der Waals surface area contributed by atoms with E-state index in [1.54, 1.807) is 6.07 Å². The molecular weight excluding hydrogens is 308 g/mol. The minimum Gasteiger partial charge on any atom is -0.352 e. The summed E-state index contributed by atoms with van der Waals surface area (Å²) in [6, 6.07) is 15.6. The average Bonchev–Trinajstić information content (AvgIpc) is 2.62. The monoisotopic (exact) mass is 328 g/mol. The second-order valence-corrected chi connectivity index (χ2v) is 6.39. The van der Waals surface area contributed by atoms with Crippen LogP contribution < -0.4 is 10.6 Å². The van der Waals surface area contributed by atoms with Gasteiger partial charge in [-0.2, -0.15) is 0 Å². The summed E-state index contributed by atoms with van der Waals surface area (Å²) in [5.74, 6) is 0.405. The number of carbonyl (C=O) groups excluding carboxylic acids is 1. The van der Waals surface area contributed by atoms with Crippen molar-refractivity contribution >= 4 is 17.5 Å². The first-order valence-corrected chi connectivity index (χ1v) is 8.46. The van der Waals surface area contributed by atoms with E-state index in [2.05, 4.69) is 10.6 Å². The molecule has 1 fully saturated rings. The average molecular weight is 329 g/mol. The van der Waals surface area contributed by atoms with E-state index in [1.807, 2.05) is 42.5 Å². The number of amides is 1. The molecule has 0 saturated carbocycles. The zero-order chi connectivity index (χ0) is 16.1. The molecule has 1 atom stereocenters. The van der Waals surface area contributed by atoms with Crippen molar-refractivity contribution in [3.63, 3.8) is 0 Å². The molecule has 1 amide bonds. The standard InChI is InChI=1S/C19H21ClN2O/c20-18-9-8-16(15-6-2-1-3-7-15)11-17(18)19(23)22-13-14-5-4-10-21-12-14/h1-3,6-9,11,14,21H,4-5,10,12-13H2,(H,22,23). The summed E-state index contributed by atoms with van der Waals surface area (Å²) in [4.78, 5) is 12.5. The third-order valence-electron chi connectivity index (χ3n) is 4.27. The van der Waals surface area contributed by atoms with Gasteiger partial charge in [0.2, 0.25) is 0 Å². The van der Waals surface area contributed by atoms with E-state index < -0.39 is 0 Å². The lowest BCUT2D eigenvalue weighted by Crippen LogP contribution is -2.38. The molecule has 2 aromatic carbocycles. The highest BCUT2D eigenvalue weighted by molar-refractivity contribution is 6.34. The predicted octanol–water partition coefficient (Wildman–Crippen LogP) is 3.74. The molecule has 3 rings (SSSR count). The molecule has 2 N–H and O–H groups in total. The molecule has 1 saturated heterocycles. The zero-order valence-corrected chi connectivity index (χ0v) is 13.8. The van der Waals surface area contributed by atoms with Crippen molar-refractivity contribution in [1.29, 1.82) is 0 Å². The Labute approximate surface area is 142 Å². The maximum atomic E-state index is 12.5. The van der Waals surface area contributed by atoms with Gasteiger partial charge >= 0.3 is 0 Å². The van der Waals surface area contributed by atoms with Crippen LogP contribution >= 0.6 is 11.6 Å². The van der Waals surface area contributed by atoms with E-state index in [9.17, 15) is 4.79 Å². The van der Waals surface area contributed by atoms with Crippen LogP contribution in [-0.2, 0) is 0 Å². The van der Waals surface area contributed by atoms with E-state index >= 15 is 0 Å². The number of hydrogen-bond donors (Lipinski definition) is 2. The molecule has 23 heavy (non-hydrogen) atoms. The number of piperidine rings is 1. The fourth-order valence-electron chi connectivity index (χ4n) is 2.94. The van der Waals surface area contributed by atoms with E-state index in [-0.39, 0.29) is 5.91 Å². The van der Waals surface area contributed by atoms with Crippen LogP contribution in [0.5, 0.6) is 0 Å². The van der Waals surface area contributed by atoms with Crippen LogP contribution in [0.3, 0.4) is 0 Å². The highest BCUT2D eigenvalue weighted by atomic mass is 35.5. The summed E-state index contributed by atoms with van der Waals surface area (Å²) in [7, 11) is 0. The smallest absolute Gasteiger partial charge is 0.252 e. The lowest BCUT2D eigenvalue weighted by Gasteiger charge is -2.23. The number of rotatable bonds is 4. The highest BCUT2D eigenvalue weighted by Gasteiger charge is 2.16. The first-order valence-electron chi connectivity index (χ1n) is 8.08. The molecule has 1 unspecified atom stereocenters. The quantitative estimate of drug-likeness (QED) is 0.897. The predicted molar refractivity (Wildman–Crippen MR) is 94.8 cm³/mol. The SMILES string of the molecule is O=C(NCC1CCCNC1)c1cc(-c2ccccc2)ccc1Cl. The fourth-order valence-corrected chi connectivity index (χ4v) is 3.14. The Kier molecular flexibility index (Phi) is 5.31. The van der Waals surface area contributed by atoms with Crippen molar-refractivity contribution in [1.82, 2.24) is 10.6 Å². The van der Waals surface area contributed by atoms with Crippen molar-refractivity contribution in [3.8, 4) is 11.1 Å². The largest absolute Gasteiger partial charge is 0.352 e. The molecule has 2 aromatic rings. The van der Waals surface area contributed by atoms with Gasteiger partial charge in [-0.15, -0.1) is 0 Å². The van der Waals surface area contributed by atoms with E-state index in [4.69, 9.17) is 11.6 Å². The molecule has 0 aliphatic carbocycles. The summed E-state index contributed by atoms with van der Waals surface area (Å²) in [5, 5.41) is 6.88. The van der Waals surface area contributed by atoms with Crippen molar-refractivity contribution in [2.24, 2.45) is 5.92 Å². The van der Waals surface area contributed by atoms with Crippen LogP contribution in [0.25, 0.3) is 11.1 Å². The van der Waals surface area contributed by atoms with Crippen LogP contribution in [0.4, 0.5) is 0 Å². The molecule has 0 bridgehead atoms. The van der Waals surface area contributed by atoms with Crippen LogP contribution in [0.15, 0.2) is 48.5 Å². The Morgan fingerprint density at radius 1 is 1.17 bits per heavy atom. The molecule has 0 spiro atoms. The van der Waals surface area contributed by atoms with Gasteiger partial charge < -0.3 is 10.6 Å². The van der Waals surface area contributed by atoms with Gasteiger partial charge in [0, 0.05) is 6.54 Å². The van der Waals surface area contributed by atoms with Crippen molar-refractivity contribution < 1.29 is 4.79 Å². The zero-order valence-electron chi connectivity index (χ0n) is 13.0. The van der Waals surface area contributed by atoms with Crippen LogP contribution in [0, 0.1) is 5.92 Å². The minimum atomic E-state index is -0.0987. The van der Waals surface area contributed by atoms with E-state index in [0.29, 0.717) is 23.0 Å². The first-order chi connectivity index (χ1) is 11.2. The van der Waals surface area contributed by atoms with Crippen LogP contribution in [0.2, 0.25) is 5.02 Å².